The Kier molecular flexibility index (Phi) is 3.66. The highest BCUT2D eigenvalue weighted by atomic mass is 32.2. The first-order chi connectivity index (χ1) is 10.2. The second-order valence-electron chi connectivity index (χ2n) is 4.50. The number of nitrogen functional groups attached to an aromatic ring is 1. The highest BCUT2D eigenvalue weighted by Crippen LogP contribution is 2.33. The topological polar surface area (TPSA) is 89.7 Å². The maximum absolute atomic E-state index is 6.02. The predicted molar refractivity (Wildman–Crippen MR) is 82.6 cm³/mol. The van der Waals surface area contributed by atoms with Crippen LogP contribution in [0.15, 0.2) is 34.7 Å². The van der Waals surface area contributed by atoms with Crippen molar-refractivity contribution in [3.05, 3.63) is 30.1 Å². The van der Waals surface area contributed by atoms with Gasteiger partial charge in [-0.15, -0.1) is 0 Å². The van der Waals surface area contributed by atoms with Gasteiger partial charge in [0.25, 0.3) is 0 Å². The molecule has 3 rings (SSSR count). The van der Waals surface area contributed by atoms with Crippen LogP contribution < -0.4 is 10.5 Å². The summed E-state index contributed by atoms with van der Waals surface area (Å²) in [6.45, 7) is 4.44. The van der Waals surface area contributed by atoms with E-state index in [1.54, 1.807) is 0 Å². The van der Waals surface area contributed by atoms with Crippen LogP contribution in [-0.4, -0.2) is 26.5 Å². The molecule has 6 nitrogen and oxygen atoms in total. The van der Waals surface area contributed by atoms with Crippen molar-refractivity contribution in [2.75, 3.05) is 12.3 Å². The lowest BCUT2D eigenvalue weighted by Gasteiger charge is -2.07. The van der Waals surface area contributed by atoms with Crippen molar-refractivity contribution < 1.29 is 4.74 Å². The molecule has 0 spiro atoms. The Labute approximate surface area is 126 Å². The number of ether oxygens (including phenoxy) is 1. The molecule has 0 aliphatic carbocycles. The van der Waals surface area contributed by atoms with Crippen LogP contribution in [0.3, 0.4) is 0 Å². The first kappa shape index (κ1) is 13.7. The molecule has 0 amide bonds. The lowest BCUT2D eigenvalue weighted by Crippen LogP contribution is -2.02. The highest BCUT2D eigenvalue weighted by molar-refractivity contribution is 7.99. The van der Waals surface area contributed by atoms with Gasteiger partial charge >= 0.3 is 0 Å². The van der Waals surface area contributed by atoms with Crippen LogP contribution in [0.1, 0.15) is 12.5 Å². The summed E-state index contributed by atoms with van der Waals surface area (Å²) in [7, 11) is 0. The van der Waals surface area contributed by atoms with E-state index in [0.29, 0.717) is 23.2 Å². The molecule has 2 heterocycles. The number of imidazole rings is 1. The molecule has 3 aromatic rings. The van der Waals surface area contributed by atoms with Crippen LogP contribution in [0.2, 0.25) is 0 Å². The summed E-state index contributed by atoms with van der Waals surface area (Å²) in [5, 5.41) is 1.37. The normalized spacial score (nSPS) is 11.0. The van der Waals surface area contributed by atoms with Crippen LogP contribution in [0, 0.1) is 6.92 Å². The third-order valence-corrected chi connectivity index (χ3v) is 3.81. The van der Waals surface area contributed by atoms with Crippen molar-refractivity contribution in [3.8, 4) is 5.88 Å². The summed E-state index contributed by atoms with van der Waals surface area (Å²) < 4.78 is 5.37. The molecule has 0 aliphatic rings. The van der Waals surface area contributed by atoms with Crippen molar-refractivity contribution >= 4 is 28.5 Å². The molecule has 1 aromatic carbocycles. The zero-order valence-corrected chi connectivity index (χ0v) is 12.6. The number of nitrogens with two attached hydrogens (primary N) is 1. The summed E-state index contributed by atoms with van der Waals surface area (Å²) in [6, 6.07) is 6.07. The van der Waals surface area contributed by atoms with Crippen LogP contribution in [0.25, 0.3) is 11.0 Å². The molecule has 0 atom stereocenters. The second-order valence-corrected chi connectivity index (χ2v) is 5.47. The first-order valence-electron chi connectivity index (χ1n) is 6.55. The minimum atomic E-state index is 0.405. The number of fused-ring (bicyclic) bond motifs is 1. The fourth-order valence-electron chi connectivity index (χ4n) is 1.94. The van der Waals surface area contributed by atoms with E-state index < -0.39 is 0 Å². The Morgan fingerprint density at radius 1 is 1.33 bits per heavy atom. The van der Waals surface area contributed by atoms with Gasteiger partial charge < -0.3 is 15.5 Å². The zero-order valence-electron chi connectivity index (χ0n) is 11.8. The van der Waals surface area contributed by atoms with Crippen LogP contribution in [-0.2, 0) is 0 Å². The molecule has 0 aliphatic heterocycles. The van der Waals surface area contributed by atoms with Gasteiger partial charge in [0, 0.05) is 0 Å². The largest absolute Gasteiger partial charge is 0.476 e. The fourth-order valence-corrected chi connectivity index (χ4v) is 2.72. The highest BCUT2D eigenvalue weighted by Gasteiger charge is 2.12. The number of nitrogens with zero attached hydrogens (tertiary/aromatic N) is 3. The molecule has 0 bridgehead atoms. The average molecular weight is 301 g/mol. The minimum Gasteiger partial charge on any atom is -0.476 e. The average Bonchev–Trinajstić information content (AvgIpc) is 2.85. The number of aromatic nitrogens is 4. The molecule has 0 saturated heterocycles. The molecular formula is C14H15N5OS. The molecule has 0 saturated carbocycles. The van der Waals surface area contributed by atoms with E-state index in [1.165, 1.54) is 23.7 Å². The number of benzene rings is 1. The van der Waals surface area contributed by atoms with Gasteiger partial charge in [-0.1, -0.05) is 6.07 Å². The van der Waals surface area contributed by atoms with Crippen molar-refractivity contribution in [1.29, 1.82) is 0 Å². The van der Waals surface area contributed by atoms with E-state index in [-0.39, 0.29) is 0 Å². The Morgan fingerprint density at radius 2 is 2.19 bits per heavy atom. The van der Waals surface area contributed by atoms with Gasteiger partial charge in [0.2, 0.25) is 5.88 Å². The van der Waals surface area contributed by atoms with Crippen molar-refractivity contribution in [2.45, 2.75) is 24.0 Å². The van der Waals surface area contributed by atoms with Crippen LogP contribution >= 0.6 is 11.8 Å². The molecular weight excluding hydrogens is 286 g/mol. The quantitative estimate of drug-likeness (QED) is 0.720. The summed E-state index contributed by atoms with van der Waals surface area (Å²) in [4.78, 5) is 16.0. The van der Waals surface area contributed by atoms with Gasteiger partial charge in [-0.3, -0.25) is 0 Å². The first-order valence-corrected chi connectivity index (χ1v) is 7.36. The molecule has 3 N–H and O–H groups in total. The van der Waals surface area contributed by atoms with E-state index in [4.69, 9.17) is 10.5 Å². The van der Waals surface area contributed by atoms with E-state index >= 15 is 0 Å². The number of hydrogen-bond donors (Lipinski definition) is 2. The number of rotatable bonds is 4. The number of anilines is 1. The third kappa shape index (κ3) is 2.78. The maximum Gasteiger partial charge on any atom is 0.241 e. The van der Waals surface area contributed by atoms with Crippen molar-refractivity contribution in [2.24, 2.45) is 0 Å². The summed E-state index contributed by atoms with van der Waals surface area (Å²) in [6.07, 6.45) is 1.44. The standard InChI is InChI=1S/C14H15N5OS/c1-3-20-12-11(15)13(17-7-16-12)21-14-18-9-5-4-8(2)6-10(9)19-14/h4-7H,3,15H2,1-2H3,(H,18,19). The van der Waals surface area contributed by atoms with Gasteiger partial charge in [-0.25, -0.2) is 9.97 Å². The molecule has 0 radical (unpaired) electrons. The molecule has 108 valence electrons. The SMILES string of the molecule is CCOc1ncnc(Sc2nc3ccc(C)cc3[nH]2)c1N. The number of nitrogens with one attached hydrogen (secondary N) is 1. The van der Waals surface area contributed by atoms with Crippen LogP contribution in [0.4, 0.5) is 5.69 Å². The smallest absolute Gasteiger partial charge is 0.241 e. The van der Waals surface area contributed by atoms with Gasteiger partial charge in [0.1, 0.15) is 17.0 Å². The Balaban J connectivity index is 1.93. The number of aryl methyl sites for hydroxylation is 1. The zero-order chi connectivity index (χ0) is 14.8. The molecule has 21 heavy (non-hydrogen) atoms. The predicted octanol–water partition coefficient (Wildman–Crippen LogP) is 2.79. The van der Waals surface area contributed by atoms with E-state index in [1.807, 2.05) is 26.0 Å². The van der Waals surface area contributed by atoms with Crippen LogP contribution in [0.5, 0.6) is 5.88 Å². The monoisotopic (exact) mass is 301 g/mol. The van der Waals surface area contributed by atoms with Crippen molar-refractivity contribution in [3.63, 3.8) is 0 Å². The fraction of sp³-hybridized carbons (Fsp3) is 0.214. The number of H-pyrrole nitrogens is 1. The molecule has 0 unspecified atom stereocenters. The second kappa shape index (κ2) is 5.61. The third-order valence-electron chi connectivity index (χ3n) is 2.90. The summed E-state index contributed by atoms with van der Waals surface area (Å²) >= 11 is 1.36. The van der Waals surface area contributed by atoms with E-state index in [9.17, 15) is 0 Å². The lowest BCUT2D eigenvalue weighted by molar-refractivity contribution is 0.327. The lowest BCUT2D eigenvalue weighted by atomic mass is 10.2. The Morgan fingerprint density at radius 3 is 3.00 bits per heavy atom. The van der Waals surface area contributed by atoms with Gasteiger partial charge in [-0.2, -0.15) is 4.98 Å². The maximum atomic E-state index is 6.02. The van der Waals surface area contributed by atoms with Crippen molar-refractivity contribution in [1.82, 2.24) is 19.9 Å². The molecule has 2 aromatic heterocycles. The number of aromatic amines is 1. The Hall–Kier alpha value is -2.28. The van der Waals surface area contributed by atoms with E-state index in [2.05, 4.69) is 26.0 Å². The summed E-state index contributed by atoms with van der Waals surface area (Å²) in [5.74, 6) is 0.405. The Bertz CT molecular complexity index is 786. The van der Waals surface area contributed by atoms with Gasteiger partial charge in [0.05, 0.1) is 17.6 Å². The van der Waals surface area contributed by atoms with Gasteiger partial charge in [-0.05, 0) is 43.3 Å². The summed E-state index contributed by atoms with van der Waals surface area (Å²) in [5.41, 5.74) is 9.55. The minimum absolute atomic E-state index is 0.405. The van der Waals surface area contributed by atoms with E-state index in [0.717, 1.165) is 16.2 Å². The number of hydrogen-bond acceptors (Lipinski definition) is 6. The van der Waals surface area contributed by atoms with Gasteiger partial charge in [0.15, 0.2) is 5.16 Å². The molecule has 0 fully saturated rings. The molecule has 7 heteroatoms.